The van der Waals surface area contributed by atoms with Crippen molar-refractivity contribution in [1.29, 1.82) is 0 Å². The fourth-order valence-electron chi connectivity index (χ4n) is 10.2. The summed E-state index contributed by atoms with van der Waals surface area (Å²) in [4.78, 5) is 2.40. The number of aromatic nitrogens is 1. The molecule has 2 heteroatoms. The molecule has 0 saturated carbocycles. The van der Waals surface area contributed by atoms with Gasteiger partial charge in [-0.1, -0.05) is 176 Å². The van der Waals surface area contributed by atoms with Crippen molar-refractivity contribution < 1.29 is 0 Å². The molecule has 12 rings (SSSR count). The molecule has 292 valence electrons. The van der Waals surface area contributed by atoms with Gasteiger partial charge in [-0.25, -0.2) is 0 Å². The van der Waals surface area contributed by atoms with Crippen molar-refractivity contribution in [2.24, 2.45) is 0 Å². The standard InChI is InChI=1S/C60H42N2/c1-60(55-24-12-10-22-51(55)52-23-11-13-25-56(52)60)46-31-37-58-53(39-46)54-40-49(36-38-59(54)62(58)57-26-14-20-45-19-8-9-21-50(45)57)61(47-32-27-43(28-33-47)41-15-4-2-5-16-41)48-34-29-44(30-35-48)42-17-6-3-7-18-42/h2-40H,1H3. The van der Waals surface area contributed by atoms with Gasteiger partial charge in [0, 0.05) is 38.6 Å². The van der Waals surface area contributed by atoms with Crippen molar-refractivity contribution in [3.63, 3.8) is 0 Å². The second-order valence-electron chi connectivity index (χ2n) is 16.6. The Morgan fingerprint density at radius 2 is 0.823 bits per heavy atom. The molecule has 10 aromatic carbocycles. The Bertz CT molecular complexity index is 3320. The van der Waals surface area contributed by atoms with Crippen LogP contribution in [0.25, 0.3) is 71.6 Å². The predicted octanol–water partition coefficient (Wildman–Crippen LogP) is 16.1. The Balaban J connectivity index is 1.09. The highest BCUT2D eigenvalue weighted by Crippen LogP contribution is 2.53. The van der Waals surface area contributed by atoms with E-state index in [0.29, 0.717) is 0 Å². The minimum atomic E-state index is -0.320. The van der Waals surface area contributed by atoms with Gasteiger partial charge in [0.05, 0.1) is 16.7 Å². The highest BCUT2D eigenvalue weighted by Gasteiger charge is 2.40. The van der Waals surface area contributed by atoms with Gasteiger partial charge >= 0.3 is 0 Å². The van der Waals surface area contributed by atoms with E-state index < -0.39 is 0 Å². The van der Waals surface area contributed by atoms with Crippen LogP contribution in [0.15, 0.2) is 237 Å². The molecule has 11 aromatic rings. The lowest BCUT2D eigenvalue weighted by molar-refractivity contribution is 0.715. The monoisotopic (exact) mass is 790 g/mol. The van der Waals surface area contributed by atoms with E-state index in [1.165, 1.54) is 88.3 Å². The number of benzene rings is 10. The fraction of sp³-hybridized carbons (Fsp3) is 0.0333. The molecule has 1 aliphatic rings. The molecule has 0 unspecified atom stereocenters. The molecular weight excluding hydrogens is 749 g/mol. The van der Waals surface area contributed by atoms with E-state index in [0.717, 1.165) is 17.1 Å². The molecule has 0 N–H and O–H groups in total. The molecule has 0 atom stereocenters. The van der Waals surface area contributed by atoms with Gasteiger partial charge in [0.15, 0.2) is 0 Å². The summed E-state index contributed by atoms with van der Waals surface area (Å²) in [5, 5.41) is 4.90. The molecule has 62 heavy (non-hydrogen) atoms. The lowest BCUT2D eigenvalue weighted by Gasteiger charge is -2.28. The molecule has 2 nitrogen and oxygen atoms in total. The van der Waals surface area contributed by atoms with Crippen LogP contribution in [-0.2, 0) is 5.41 Å². The molecule has 0 aliphatic heterocycles. The van der Waals surface area contributed by atoms with E-state index in [1.807, 2.05) is 0 Å². The Labute approximate surface area is 362 Å². The molecule has 0 spiro atoms. The smallest absolute Gasteiger partial charge is 0.0542 e. The number of anilines is 3. The lowest BCUT2D eigenvalue weighted by atomic mass is 9.74. The Morgan fingerprint density at radius 1 is 0.355 bits per heavy atom. The molecule has 0 saturated heterocycles. The third kappa shape index (κ3) is 5.65. The minimum absolute atomic E-state index is 0.320. The lowest BCUT2D eigenvalue weighted by Crippen LogP contribution is -2.22. The van der Waals surface area contributed by atoms with Gasteiger partial charge in [-0.3, -0.25) is 0 Å². The first-order chi connectivity index (χ1) is 30.6. The van der Waals surface area contributed by atoms with E-state index in [4.69, 9.17) is 0 Å². The van der Waals surface area contributed by atoms with E-state index in [1.54, 1.807) is 0 Å². The van der Waals surface area contributed by atoms with Crippen molar-refractivity contribution in [2.75, 3.05) is 4.90 Å². The first-order valence-electron chi connectivity index (χ1n) is 21.5. The first kappa shape index (κ1) is 36.0. The summed E-state index contributed by atoms with van der Waals surface area (Å²) in [6, 6.07) is 86.8. The molecule has 1 aliphatic carbocycles. The van der Waals surface area contributed by atoms with Gasteiger partial charge in [0.25, 0.3) is 0 Å². The third-order valence-corrected chi connectivity index (χ3v) is 13.3. The summed E-state index contributed by atoms with van der Waals surface area (Å²) in [5.41, 5.74) is 17.9. The minimum Gasteiger partial charge on any atom is -0.310 e. The molecule has 0 radical (unpaired) electrons. The van der Waals surface area contributed by atoms with Crippen LogP contribution in [0.3, 0.4) is 0 Å². The summed E-state index contributed by atoms with van der Waals surface area (Å²) in [5.74, 6) is 0. The van der Waals surface area contributed by atoms with Crippen LogP contribution in [0, 0.1) is 0 Å². The van der Waals surface area contributed by atoms with E-state index in [-0.39, 0.29) is 5.41 Å². The quantitative estimate of drug-likeness (QED) is 0.156. The highest BCUT2D eigenvalue weighted by molar-refractivity contribution is 6.12. The molecule has 0 fully saturated rings. The van der Waals surface area contributed by atoms with Crippen molar-refractivity contribution in [3.05, 3.63) is 253 Å². The zero-order valence-corrected chi connectivity index (χ0v) is 34.4. The average Bonchev–Trinajstić information content (AvgIpc) is 3.81. The second-order valence-corrected chi connectivity index (χ2v) is 16.6. The van der Waals surface area contributed by atoms with Crippen LogP contribution in [0.1, 0.15) is 23.6 Å². The molecular formula is C60H42N2. The van der Waals surface area contributed by atoms with Gasteiger partial charge in [0.1, 0.15) is 0 Å². The van der Waals surface area contributed by atoms with Crippen molar-refractivity contribution in [1.82, 2.24) is 4.57 Å². The zero-order valence-electron chi connectivity index (χ0n) is 34.4. The number of hydrogen-bond donors (Lipinski definition) is 0. The molecule has 1 aromatic heterocycles. The van der Waals surface area contributed by atoms with Crippen LogP contribution in [0.2, 0.25) is 0 Å². The summed E-state index contributed by atoms with van der Waals surface area (Å²) in [7, 11) is 0. The third-order valence-electron chi connectivity index (χ3n) is 13.3. The number of rotatable bonds is 7. The Hall–Kier alpha value is -7.94. The summed E-state index contributed by atoms with van der Waals surface area (Å²) in [6.45, 7) is 2.41. The number of hydrogen-bond acceptors (Lipinski definition) is 1. The van der Waals surface area contributed by atoms with Crippen LogP contribution in [0.4, 0.5) is 17.1 Å². The largest absolute Gasteiger partial charge is 0.310 e. The van der Waals surface area contributed by atoms with E-state index >= 15 is 0 Å². The normalized spacial score (nSPS) is 12.7. The van der Waals surface area contributed by atoms with Crippen LogP contribution in [0.5, 0.6) is 0 Å². The summed E-state index contributed by atoms with van der Waals surface area (Å²) >= 11 is 0. The maximum atomic E-state index is 2.48. The van der Waals surface area contributed by atoms with Gasteiger partial charge in [-0.05, 0) is 123 Å². The predicted molar refractivity (Wildman–Crippen MR) is 261 cm³/mol. The average molecular weight is 791 g/mol. The fourth-order valence-corrected chi connectivity index (χ4v) is 10.2. The van der Waals surface area contributed by atoms with Gasteiger partial charge in [0.2, 0.25) is 0 Å². The number of nitrogens with zero attached hydrogens (tertiary/aromatic N) is 2. The first-order valence-corrected chi connectivity index (χ1v) is 21.5. The zero-order chi connectivity index (χ0) is 41.2. The Morgan fingerprint density at radius 3 is 1.44 bits per heavy atom. The van der Waals surface area contributed by atoms with E-state index in [2.05, 4.69) is 253 Å². The van der Waals surface area contributed by atoms with Crippen LogP contribution in [-0.4, -0.2) is 4.57 Å². The van der Waals surface area contributed by atoms with Gasteiger partial charge in [-0.2, -0.15) is 0 Å². The van der Waals surface area contributed by atoms with Gasteiger partial charge in [-0.15, -0.1) is 0 Å². The van der Waals surface area contributed by atoms with Crippen molar-refractivity contribution in [3.8, 4) is 39.1 Å². The van der Waals surface area contributed by atoms with E-state index in [9.17, 15) is 0 Å². The van der Waals surface area contributed by atoms with Crippen LogP contribution >= 0.6 is 0 Å². The van der Waals surface area contributed by atoms with Crippen molar-refractivity contribution >= 4 is 49.6 Å². The van der Waals surface area contributed by atoms with Crippen LogP contribution < -0.4 is 4.90 Å². The molecule has 0 bridgehead atoms. The van der Waals surface area contributed by atoms with Gasteiger partial charge < -0.3 is 9.47 Å². The maximum Gasteiger partial charge on any atom is 0.0542 e. The SMILES string of the molecule is CC1(c2ccc3c(c2)c2cc(N(c4ccc(-c5ccccc5)cc4)c4ccc(-c5ccccc5)cc4)ccc2n3-c2cccc3ccccc23)c2ccccc2-c2ccccc21. The summed E-state index contributed by atoms with van der Waals surface area (Å²) < 4.78 is 2.48. The van der Waals surface area contributed by atoms with Crippen molar-refractivity contribution in [2.45, 2.75) is 12.3 Å². The Kier molecular flexibility index (Phi) is 8.33. The number of fused-ring (bicyclic) bond motifs is 7. The maximum absolute atomic E-state index is 2.48. The molecule has 0 amide bonds. The summed E-state index contributed by atoms with van der Waals surface area (Å²) in [6.07, 6.45) is 0. The second kappa shape index (κ2) is 14.4. The highest BCUT2D eigenvalue weighted by atomic mass is 15.1. The molecule has 1 heterocycles. The topological polar surface area (TPSA) is 8.17 Å².